The number of benzene rings is 3. The Labute approximate surface area is 165 Å². The number of hydrogen-bond donors (Lipinski definition) is 0. The lowest BCUT2D eigenvalue weighted by atomic mass is 9.98. The molecule has 0 atom stereocenters. The molecule has 0 N–H and O–H groups in total. The molecule has 27 heavy (non-hydrogen) atoms. The summed E-state index contributed by atoms with van der Waals surface area (Å²) in [5, 5.41) is 1.29. The van der Waals surface area contributed by atoms with Crippen LogP contribution in [-0.2, 0) is 4.79 Å². The molecule has 130 valence electrons. The molecular weight excluding hydrogens is 376 g/mol. The highest BCUT2D eigenvalue weighted by atomic mass is 35.5. The largest absolute Gasteiger partial charge is 0.275 e. The second-order valence-electron chi connectivity index (χ2n) is 6.21. The van der Waals surface area contributed by atoms with Crippen molar-refractivity contribution >= 4 is 49.8 Å². The van der Waals surface area contributed by atoms with Gasteiger partial charge in [0.2, 0.25) is 0 Å². The van der Waals surface area contributed by atoms with Gasteiger partial charge in [0.15, 0.2) is 5.11 Å². The molecule has 2 aliphatic heterocycles. The summed E-state index contributed by atoms with van der Waals surface area (Å²) in [6.07, 6.45) is 0. The molecule has 0 bridgehead atoms. The maximum Gasteiger partial charge on any atom is 0.275 e. The van der Waals surface area contributed by atoms with E-state index in [0.717, 1.165) is 28.1 Å². The van der Waals surface area contributed by atoms with Gasteiger partial charge in [-0.15, -0.1) is 0 Å². The van der Waals surface area contributed by atoms with Crippen LogP contribution in [0.15, 0.2) is 83.9 Å². The Morgan fingerprint density at radius 1 is 0.852 bits per heavy atom. The first-order chi connectivity index (χ1) is 13.2. The molecule has 3 aromatic carbocycles. The standard InChI is InChI=1S/C22H13ClN2OS/c23-16-11-12-18-17(13-16)19(14-7-3-1-4-8-14)24-22-25(18)21(26)20(27-22)15-9-5-2-6-10-15/h1-13H. The van der Waals surface area contributed by atoms with Gasteiger partial charge in [0, 0.05) is 16.1 Å². The zero-order valence-electron chi connectivity index (χ0n) is 14.1. The van der Waals surface area contributed by atoms with Gasteiger partial charge in [0.05, 0.1) is 11.4 Å². The van der Waals surface area contributed by atoms with Crippen molar-refractivity contribution < 1.29 is 4.79 Å². The smallest absolute Gasteiger partial charge is 0.267 e. The Kier molecular flexibility index (Phi) is 3.81. The molecule has 0 aromatic heterocycles. The van der Waals surface area contributed by atoms with Gasteiger partial charge in [-0.2, -0.15) is 0 Å². The topological polar surface area (TPSA) is 32.7 Å². The van der Waals surface area contributed by atoms with Gasteiger partial charge in [0.1, 0.15) is 4.86 Å². The Morgan fingerprint density at radius 3 is 2.22 bits per heavy atom. The maximum absolute atomic E-state index is 13.2. The van der Waals surface area contributed by atoms with Crippen LogP contribution in [0.1, 0.15) is 16.7 Å². The van der Waals surface area contributed by atoms with Crippen LogP contribution in [0.3, 0.4) is 0 Å². The lowest BCUT2D eigenvalue weighted by molar-refractivity contribution is -0.111. The third kappa shape index (κ3) is 2.65. The summed E-state index contributed by atoms with van der Waals surface area (Å²) in [4.78, 5) is 20.4. The Hall–Kier alpha value is -2.95. The molecule has 0 saturated carbocycles. The zero-order chi connectivity index (χ0) is 18.4. The second-order valence-corrected chi connectivity index (χ2v) is 7.62. The Morgan fingerprint density at radius 2 is 1.52 bits per heavy atom. The van der Waals surface area contributed by atoms with E-state index >= 15 is 0 Å². The number of nitrogens with zero attached hydrogens (tertiary/aromatic N) is 2. The third-order valence-electron chi connectivity index (χ3n) is 4.53. The molecule has 0 radical (unpaired) electrons. The summed E-state index contributed by atoms with van der Waals surface area (Å²) >= 11 is 6.26. The van der Waals surface area contributed by atoms with Gasteiger partial charge >= 0.3 is 0 Å². The highest BCUT2D eigenvalue weighted by molar-refractivity contribution is 8.01. The first-order valence-electron chi connectivity index (χ1n) is 8.48. The molecule has 2 heterocycles. The van der Waals surface area contributed by atoms with E-state index in [4.69, 9.17) is 16.6 Å². The number of aliphatic imine (C=N–C) groups is 1. The van der Waals surface area contributed by atoms with Gasteiger partial charge in [-0.05, 0) is 23.8 Å². The summed E-state index contributed by atoms with van der Waals surface area (Å²) in [6, 6.07) is 25.2. The number of halogens is 1. The van der Waals surface area contributed by atoms with Crippen LogP contribution < -0.4 is 4.90 Å². The van der Waals surface area contributed by atoms with Crippen LogP contribution in [-0.4, -0.2) is 21.6 Å². The van der Waals surface area contributed by atoms with Crippen LogP contribution >= 0.6 is 22.5 Å². The second kappa shape index (κ2) is 6.34. The molecule has 5 heteroatoms. The Balaban J connectivity index is 1.75. The molecule has 0 fully saturated rings. The van der Waals surface area contributed by atoms with Gasteiger partial charge in [0.25, 0.3) is 5.91 Å². The number of carbonyl (C=O) groups excluding carboxylic acids is 1. The van der Waals surface area contributed by atoms with Gasteiger partial charge < -0.3 is 0 Å². The minimum atomic E-state index is -0.0550. The van der Waals surface area contributed by atoms with Gasteiger partial charge in [-0.3, -0.25) is 9.69 Å². The normalized spacial score (nSPS) is 15.2. The number of anilines is 1. The van der Waals surface area contributed by atoms with Crippen molar-refractivity contribution in [2.45, 2.75) is 0 Å². The van der Waals surface area contributed by atoms with E-state index in [-0.39, 0.29) is 5.91 Å². The van der Waals surface area contributed by atoms with Crippen molar-refractivity contribution in [1.29, 1.82) is 0 Å². The predicted molar refractivity (Wildman–Crippen MR) is 114 cm³/mol. The van der Waals surface area contributed by atoms with E-state index in [1.54, 1.807) is 4.90 Å². The molecule has 0 aliphatic carbocycles. The van der Waals surface area contributed by atoms with Crippen LogP contribution in [0.4, 0.5) is 5.69 Å². The van der Waals surface area contributed by atoms with E-state index in [1.807, 2.05) is 78.9 Å². The molecule has 2 aliphatic rings. The van der Waals surface area contributed by atoms with Crippen LogP contribution in [0.25, 0.3) is 0 Å². The highest BCUT2D eigenvalue weighted by Crippen LogP contribution is 2.34. The van der Waals surface area contributed by atoms with Crippen molar-refractivity contribution in [3.8, 4) is 0 Å². The highest BCUT2D eigenvalue weighted by Gasteiger charge is 2.35. The molecule has 0 unspecified atom stereocenters. The van der Waals surface area contributed by atoms with Crippen molar-refractivity contribution in [1.82, 2.24) is 0 Å². The summed E-state index contributed by atoms with van der Waals surface area (Å²) in [7, 11) is 1.41. The van der Waals surface area contributed by atoms with E-state index < -0.39 is 0 Å². The summed E-state index contributed by atoms with van der Waals surface area (Å²) < 4.78 is 0. The van der Waals surface area contributed by atoms with Gasteiger partial charge in [-0.1, -0.05) is 83.2 Å². The quantitative estimate of drug-likeness (QED) is 0.591. The summed E-state index contributed by atoms with van der Waals surface area (Å²) in [5.74, 6) is -0.0550. The number of fused-ring (bicyclic) bond motifs is 3. The minimum absolute atomic E-state index is 0.0550. The molecule has 0 spiro atoms. The monoisotopic (exact) mass is 388 g/mol. The van der Waals surface area contributed by atoms with Crippen molar-refractivity contribution in [3.05, 3.63) is 101 Å². The zero-order valence-corrected chi connectivity index (χ0v) is 15.7. The third-order valence-corrected chi connectivity index (χ3v) is 5.83. The summed E-state index contributed by atoms with van der Waals surface area (Å²) in [6.45, 7) is 0. The van der Waals surface area contributed by atoms with Crippen molar-refractivity contribution in [3.63, 3.8) is 0 Å². The predicted octanol–water partition coefficient (Wildman–Crippen LogP) is 4.58. The van der Waals surface area contributed by atoms with Crippen LogP contribution in [0.2, 0.25) is 5.02 Å². The number of carbonyl (C=O) groups is 1. The fourth-order valence-corrected chi connectivity index (χ4v) is 4.49. The summed E-state index contributed by atoms with van der Waals surface area (Å²) in [5.41, 5.74) is 4.40. The molecule has 3 nitrogen and oxygen atoms in total. The minimum Gasteiger partial charge on any atom is -0.267 e. The number of amides is 1. The number of rotatable bonds is 2. The Bertz CT molecular complexity index is 1180. The first-order valence-corrected chi connectivity index (χ1v) is 9.67. The lowest BCUT2D eigenvalue weighted by Crippen LogP contribution is -2.39. The van der Waals surface area contributed by atoms with Gasteiger partial charge in [-0.25, -0.2) is 4.99 Å². The maximum atomic E-state index is 13.2. The van der Waals surface area contributed by atoms with E-state index in [1.165, 1.54) is 10.9 Å². The van der Waals surface area contributed by atoms with Crippen LogP contribution in [0.5, 0.6) is 0 Å². The molecular formula is C22H13ClN2OS. The molecule has 5 rings (SSSR count). The number of hydrogen-bond acceptors (Lipinski definition) is 2. The molecule has 1 amide bonds. The first kappa shape index (κ1) is 16.2. The molecule has 0 saturated heterocycles. The van der Waals surface area contributed by atoms with Crippen molar-refractivity contribution in [2.75, 3.05) is 4.90 Å². The average Bonchev–Trinajstić information content (AvgIpc) is 3.05. The van der Waals surface area contributed by atoms with E-state index in [0.29, 0.717) is 15.0 Å². The lowest BCUT2D eigenvalue weighted by Gasteiger charge is -2.27. The van der Waals surface area contributed by atoms with Crippen LogP contribution in [0, 0.1) is 0 Å². The van der Waals surface area contributed by atoms with Crippen molar-refractivity contribution in [2.24, 2.45) is 4.99 Å². The fourth-order valence-electron chi connectivity index (χ4n) is 3.29. The fraction of sp³-hybridized carbons (Fsp3) is 0. The van der Waals surface area contributed by atoms with E-state index in [9.17, 15) is 4.79 Å². The average molecular weight is 389 g/mol. The van der Waals surface area contributed by atoms with E-state index in [2.05, 4.69) is 0 Å². The molecule has 3 aromatic rings. The SMILES string of the molecule is O=C1C(c2ccccc2)=S=C2N=C(c3ccccc3)c3cc(Cl)ccc3N12.